The molecule has 0 bridgehead atoms. The van der Waals surface area contributed by atoms with E-state index in [9.17, 15) is 9.59 Å². The van der Waals surface area contributed by atoms with Crippen LogP contribution in [-0.2, 0) is 16.1 Å². The third-order valence-corrected chi connectivity index (χ3v) is 5.59. The van der Waals surface area contributed by atoms with Crippen LogP contribution in [0.15, 0.2) is 30.3 Å². The van der Waals surface area contributed by atoms with Crippen LogP contribution in [0.4, 0.5) is 11.4 Å². The fraction of sp³-hybridized carbons (Fsp3) is 0.250. The number of nitrogens with zero attached hydrogens (tertiary/aromatic N) is 1. The molecular formula is C20H20N4O3S. The molecule has 144 valence electrons. The molecule has 8 heteroatoms. The Morgan fingerprint density at radius 1 is 1.29 bits per heavy atom. The lowest BCUT2D eigenvalue weighted by Crippen LogP contribution is -2.37. The molecule has 2 aromatic heterocycles. The van der Waals surface area contributed by atoms with Gasteiger partial charge in [-0.2, -0.15) is 0 Å². The van der Waals surface area contributed by atoms with Crippen LogP contribution in [0.1, 0.15) is 39.6 Å². The van der Waals surface area contributed by atoms with Gasteiger partial charge in [-0.15, -0.1) is 11.3 Å². The average Bonchev–Trinajstić information content (AvgIpc) is 3.01. The minimum atomic E-state index is -0.374. The molecule has 1 aromatic carbocycles. The van der Waals surface area contributed by atoms with Gasteiger partial charge in [0.05, 0.1) is 12.3 Å². The largest absolute Gasteiger partial charge is 0.380 e. The van der Waals surface area contributed by atoms with E-state index in [4.69, 9.17) is 4.74 Å². The summed E-state index contributed by atoms with van der Waals surface area (Å²) >= 11 is 1.38. The number of benzene rings is 1. The molecule has 1 aliphatic rings. The van der Waals surface area contributed by atoms with Crippen molar-refractivity contribution in [1.82, 2.24) is 10.3 Å². The molecule has 1 atom stereocenters. The van der Waals surface area contributed by atoms with Gasteiger partial charge in [0.25, 0.3) is 5.91 Å². The van der Waals surface area contributed by atoms with E-state index in [-0.39, 0.29) is 18.0 Å². The van der Waals surface area contributed by atoms with E-state index in [1.165, 1.54) is 18.3 Å². The van der Waals surface area contributed by atoms with Gasteiger partial charge in [0.1, 0.15) is 15.9 Å². The maximum atomic E-state index is 12.7. The number of hydrogen-bond acceptors (Lipinski definition) is 6. The van der Waals surface area contributed by atoms with Gasteiger partial charge in [0, 0.05) is 30.8 Å². The van der Waals surface area contributed by atoms with Crippen LogP contribution in [0.3, 0.4) is 0 Å². The van der Waals surface area contributed by atoms with Crippen molar-refractivity contribution < 1.29 is 14.3 Å². The Morgan fingerprint density at radius 2 is 2.04 bits per heavy atom. The number of carbonyl (C=O) groups is 2. The molecule has 0 aliphatic carbocycles. The third kappa shape index (κ3) is 3.32. The Kier molecular flexibility index (Phi) is 4.74. The summed E-state index contributed by atoms with van der Waals surface area (Å²) in [7, 11) is 1.65. The molecule has 0 saturated carbocycles. The second-order valence-electron chi connectivity index (χ2n) is 6.70. The number of thiophene rings is 1. The van der Waals surface area contributed by atoms with Gasteiger partial charge in [0.2, 0.25) is 5.91 Å². The number of pyridine rings is 1. The first kappa shape index (κ1) is 18.4. The van der Waals surface area contributed by atoms with Crippen LogP contribution >= 0.6 is 11.3 Å². The smallest absolute Gasteiger partial charge is 0.265 e. The fourth-order valence-corrected chi connectivity index (χ4v) is 4.52. The summed E-state index contributed by atoms with van der Waals surface area (Å²) < 4.78 is 5.35. The van der Waals surface area contributed by atoms with Gasteiger partial charge in [0.15, 0.2) is 0 Å². The van der Waals surface area contributed by atoms with Crippen molar-refractivity contribution in [3.8, 4) is 0 Å². The number of aromatic nitrogens is 1. The number of rotatable bonds is 4. The summed E-state index contributed by atoms with van der Waals surface area (Å²) in [5.74, 6) is -0.256. The lowest BCUT2D eigenvalue weighted by atomic mass is 10.1. The molecule has 2 amide bonds. The number of anilines is 2. The predicted octanol–water partition coefficient (Wildman–Crippen LogP) is 3.56. The van der Waals surface area contributed by atoms with Crippen molar-refractivity contribution in [1.29, 1.82) is 0 Å². The molecular weight excluding hydrogens is 376 g/mol. The normalized spacial score (nSPS) is 15.7. The zero-order chi connectivity index (χ0) is 19.8. The van der Waals surface area contributed by atoms with Crippen LogP contribution in [0.25, 0.3) is 10.2 Å². The van der Waals surface area contributed by atoms with Crippen molar-refractivity contribution in [2.24, 2.45) is 0 Å². The molecule has 7 nitrogen and oxygen atoms in total. The SMILES string of the molecule is COCc1cc(C)nc2sc3c(c12)N[C@H](c1ccc(NC(C)=O)cc1)NC3=O. The average molecular weight is 396 g/mol. The minimum Gasteiger partial charge on any atom is -0.380 e. The van der Waals surface area contributed by atoms with Gasteiger partial charge in [-0.3, -0.25) is 9.59 Å². The molecule has 1 aliphatic heterocycles. The zero-order valence-corrected chi connectivity index (χ0v) is 16.6. The Labute approximate surface area is 166 Å². The maximum Gasteiger partial charge on any atom is 0.265 e. The molecule has 0 fully saturated rings. The third-order valence-electron chi connectivity index (χ3n) is 4.51. The van der Waals surface area contributed by atoms with Crippen LogP contribution < -0.4 is 16.0 Å². The number of carbonyl (C=O) groups excluding carboxylic acids is 2. The van der Waals surface area contributed by atoms with Crippen LogP contribution in [0.2, 0.25) is 0 Å². The van der Waals surface area contributed by atoms with Gasteiger partial charge < -0.3 is 20.7 Å². The van der Waals surface area contributed by atoms with Gasteiger partial charge >= 0.3 is 0 Å². The Balaban J connectivity index is 1.73. The van der Waals surface area contributed by atoms with E-state index < -0.39 is 0 Å². The van der Waals surface area contributed by atoms with E-state index in [2.05, 4.69) is 20.9 Å². The van der Waals surface area contributed by atoms with Crippen LogP contribution in [0, 0.1) is 6.92 Å². The molecule has 3 aromatic rings. The number of ether oxygens (including phenoxy) is 1. The lowest BCUT2D eigenvalue weighted by molar-refractivity contribution is -0.114. The first-order chi connectivity index (χ1) is 13.5. The van der Waals surface area contributed by atoms with Crippen molar-refractivity contribution >= 4 is 44.7 Å². The zero-order valence-electron chi connectivity index (χ0n) is 15.8. The predicted molar refractivity (Wildman–Crippen MR) is 110 cm³/mol. The topological polar surface area (TPSA) is 92.3 Å². The number of fused-ring (bicyclic) bond motifs is 3. The second-order valence-corrected chi connectivity index (χ2v) is 7.70. The first-order valence-corrected chi connectivity index (χ1v) is 9.65. The summed E-state index contributed by atoms with van der Waals surface area (Å²) in [4.78, 5) is 30.0. The van der Waals surface area contributed by atoms with Crippen LogP contribution in [-0.4, -0.2) is 23.9 Å². The number of hydrogen-bond donors (Lipinski definition) is 3. The molecule has 0 unspecified atom stereocenters. The minimum absolute atomic E-state index is 0.125. The highest BCUT2D eigenvalue weighted by atomic mass is 32.1. The molecule has 4 rings (SSSR count). The molecule has 3 N–H and O–H groups in total. The van der Waals surface area contributed by atoms with Crippen LogP contribution in [0.5, 0.6) is 0 Å². The molecule has 3 heterocycles. The van der Waals surface area contributed by atoms with E-state index in [1.54, 1.807) is 7.11 Å². The molecule has 0 saturated heterocycles. The molecule has 28 heavy (non-hydrogen) atoms. The number of nitrogens with one attached hydrogen (secondary N) is 3. The van der Waals surface area contributed by atoms with Gasteiger partial charge in [-0.05, 0) is 36.2 Å². The Bertz CT molecular complexity index is 1080. The maximum absolute atomic E-state index is 12.7. The van der Waals surface area contributed by atoms with E-state index >= 15 is 0 Å². The first-order valence-electron chi connectivity index (χ1n) is 8.83. The highest BCUT2D eigenvalue weighted by Crippen LogP contribution is 2.41. The number of aryl methyl sites for hydroxylation is 1. The molecule has 0 spiro atoms. The summed E-state index contributed by atoms with van der Waals surface area (Å²) in [5, 5.41) is 10.1. The van der Waals surface area contributed by atoms with Crippen molar-refractivity contribution in [2.75, 3.05) is 17.7 Å². The monoisotopic (exact) mass is 396 g/mol. The van der Waals surface area contributed by atoms with E-state index in [0.29, 0.717) is 17.2 Å². The van der Waals surface area contributed by atoms with E-state index in [0.717, 1.165) is 32.7 Å². The quantitative estimate of drug-likeness (QED) is 0.627. The number of amides is 2. The number of methoxy groups -OCH3 is 1. The summed E-state index contributed by atoms with van der Waals surface area (Å²) in [6.07, 6.45) is -0.374. The lowest BCUT2D eigenvalue weighted by Gasteiger charge is -2.27. The summed E-state index contributed by atoms with van der Waals surface area (Å²) in [6.45, 7) is 3.85. The molecule has 0 radical (unpaired) electrons. The highest BCUT2D eigenvalue weighted by molar-refractivity contribution is 7.21. The Hall–Kier alpha value is -2.97. The van der Waals surface area contributed by atoms with Crippen molar-refractivity contribution in [3.05, 3.63) is 52.0 Å². The second kappa shape index (κ2) is 7.21. The fourth-order valence-electron chi connectivity index (χ4n) is 3.39. The van der Waals surface area contributed by atoms with Gasteiger partial charge in [-0.1, -0.05) is 12.1 Å². The Morgan fingerprint density at radius 3 is 2.71 bits per heavy atom. The van der Waals surface area contributed by atoms with Crippen molar-refractivity contribution in [2.45, 2.75) is 26.6 Å². The van der Waals surface area contributed by atoms with E-state index in [1.807, 2.05) is 37.3 Å². The standard InChI is InChI=1S/C20H20N4O3S/c1-10-8-13(9-27-3)15-16-17(28-20(15)21-10)19(26)24-18(23-16)12-4-6-14(7-5-12)22-11(2)25/h4-8,18,23H,9H2,1-3H3,(H,22,25)(H,24,26)/t18-/m0/s1. The van der Waals surface area contributed by atoms with Crippen molar-refractivity contribution in [3.63, 3.8) is 0 Å². The highest BCUT2D eigenvalue weighted by Gasteiger charge is 2.30. The summed E-state index contributed by atoms with van der Waals surface area (Å²) in [5.41, 5.74) is 4.29. The van der Waals surface area contributed by atoms with Gasteiger partial charge in [-0.25, -0.2) is 4.98 Å². The summed E-state index contributed by atoms with van der Waals surface area (Å²) in [6, 6.07) is 9.37.